The average Bonchev–Trinajstić information content (AvgIpc) is 2.47. The molecule has 6 nitrogen and oxygen atoms in total. The molecule has 0 saturated heterocycles. The predicted octanol–water partition coefficient (Wildman–Crippen LogP) is -0.676. The lowest BCUT2D eigenvalue weighted by Crippen LogP contribution is -2.30. The molecule has 1 aromatic heterocycles. The van der Waals surface area contributed by atoms with Crippen LogP contribution in [-0.2, 0) is 11.3 Å². The van der Waals surface area contributed by atoms with Crippen LogP contribution < -0.4 is 11.1 Å². The highest BCUT2D eigenvalue weighted by Gasteiger charge is 2.24. The van der Waals surface area contributed by atoms with Gasteiger partial charge in [-0.3, -0.25) is 9.59 Å². The van der Waals surface area contributed by atoms with E-state index in [1.54, 1.807) is 0 Å². The van der Waals surface area contributed by atoms with E-state index in [0.717, 1.165) is 0 Å². The van der Waals surface area contributed by atoms with E-state index in [0.29, 0.717) is 11.4 Å². The summed E-state index contributed by atoms with van der Waals surface area (Å²) < 4.78 is 1.17. The summed E-state index contributed by atoms with van der Waals surface area (Å²) in [6, 6.07) is 0. The van der Waals surface area contributed by atoms with Crippen LogP contribution in [0.4, 0.5) is 5.82 Å². The highest BCUT2D eigenvalue weighted by molar-refractivity contribution is 6.09. The van der Waals surface area contributed by atoms with Crippen LogP contribution in [0.1, 0.15) is 16.8 Å². The molecule has 0 radical (unpaired) electrons. The van der Waals surface area contributed by atoms with Crippen LogP contribution in [-0.4, -0.2) is 21.6 Å². The van der Waals surface area contributed by atoms with E-state index < -0.39 is 0 Å². The number of carbonyl (C=O) groups is 2. The second-order valence-corrected chi connectivity index (χ2v) is 2.75. The average molecular weight is 180 g/mol. The van der Waals surface area contributed by atoms with Gasteiger partial charge in [-0.2, -0.15) is 9.78 Å². The first-order chi connectivity index (χ1) is 6.22. The Morgan fingerprint density at radius 3 is 3.08 bits per heavy atom. The zero-order chi connectivity index (χ0) is 9.42. The molecule has 68 valence electrons. The number of nitrogens with zero attached hydrogens (tertiary/aromatic N) is 2. The first kappa shape index (κ1) is 7.93. The Balaban J connectivity index is 2.51. The van der Waals surface area contributed by atoms with Gasteiger partial charge >= 0.3 is 0 Å². The first-order valence-electron chi connectivity index (χ1n) is 3.82. The number of rotatable bonds is 1. The molecule has 0 unspecified atom stereocenters. The first-order valence-corrected chi connectivity index (χ1v) is 3.82. The summed E-state index contributed by atoms with van der Waals surface area (Å²) in [6.07, 6.45) is 1.33. The maximum Gasteiger partial charge on any atom is 0.258 e. The van der Waals surface area contributed by atoms with Crippen LogP contribution in [0.2, 0.25) is 0 Å². The number of anilines is 1. The van der Waals surface area contributed by atoms with Crippen molar-refractivity contribution in [3.05, 3.63) is 11.8 Å². The number of hydrogen-bond donors (Lipinski definition) is 2. The number of nitrogens with two attached hydrogens (primary N) is 1. The summed E-state index contributed by atoms with van der Waals surface area (Å²) in [5.41, 5.74) is 6.06. The molecule has 0 aromatic carbocycles. The molecule has 1 amide bonds. The van der Waals surface area contributed by atoms with E-state index in [2.05, 4.69) is 10.4 Å². The van der Waals surface area contributed by atoms with Crippen LogP contribution >= 0.6 is 0 Å². The Morgan fingerprint density at radius 2 is 2.38 bits per heavy atom. The van der Waals surface area contributed by atoms with E-state index in [9.17, 15) is 9.59 Å². The summed E-state index contributed by atoms with van der Waals surface area (Å²) in [5, 5.41) is 6.37. The lowest BCUT2D eigenvalue weighted by molar-refractivity contribution is -0.115. The van der Waals surface area contributed by atoms with Crippen molar-refractivity contribution in [1.29, 1.82) is 0 Å². The van der Waals surface area contributed by atoms with Crippen molar-refractivity contribution in [3.63, 3.8) is 0 Å². The summed E-state index contributed by atoms with van der Waals surface area (Å²) in [7, 11) is 0. The molecule has 13 heavy (non-hydrogen) atoms. The van der Waals surface area contributed by atoms with Gasteiger partial charge in [-0.15, -0.1) is 0 Å². The summed E-state index contributed by atoms with van der Waals surface area (Å²) >= 11 is 0. The number of nitrogens with one attached hydrogen (secondary N) is 1. The number of amides is 1. The zero-order valence-corrected chi connectivity index (χ0v) is 6.78. The third kappa shape index (κ3) is 1.11. The molecule has 0 bridgehead atoms. The van der Waals surface area contributed by atoms with Gasteiger partial charge in [0, 0.05) is 12.1 Å². The van der Waals surface area contributed by atoms with Crippen molar-refractivity contribution in [2.45, 2.75) is 13.0 Å². The van der Waals surface area contributed by atoms with Gasteiger partial charge in [0.15, 0.2) is 0 Å². The summed E-state index contributed by atoms with van der Waals surface area (Å²) in [4.78, 5) is 22.2. The molecule has 2 rings (SSSR count). The van der Waals surface area contributed by atoms with Gasteiger partial charge in [0.1, 0.15) is 12.2 Å². The smallest absolute Gasteiger partial charge is 0.258 e. The van der Waals surface area contributed by atoms with Crippen LogP contribution in [0.25, 0.3) is 0 Å². The fraction of sp³-hybridized carbons (Fsp3) is 0.286. The van der Waals surface area contributed by atoms with E-state index in [1.807, 2.05) is 0 Å². The Labute approximate surface area is 73.7 Å². The molecule has 1 aliphatic rings. The summed E-state index contributed by atoms with van der Waals surface area (Å²) in [6.45, 7) is 0.253. The Bertz CT molecular complexity index is 382. The van der Waals surface area contributed by atoms with Crippen LogP contribution in [0.15, 0.2) is 6.20 Å². The molecule has 0 saturated carbocycles. The SMILES string of the molecule is NCc1cnn2c1NC(=O)CC2=O. The number of fused-ring (bicyclic) bond motifs is 1. The van der Waals surface area contributed by atoms with Crippen molar-refractivity contribution in [1.82, 2.24) is 9.78 Å². The molecule has 0 aliphatic carbocycles. The maximum absolute atomic E-state index is 11.2. The highest BCUT2D eigenvalue weighted by atomic mass is 16.2. The van der Waals surface area contributed by atoms with Gasteiger partial charge in [0.2, 0.25) is 5.91 Å². The second-order valence-electron chi connectivity index (χ2n) is 2.75. The zero-order valence-electron chi connectivity index (χ0n) is 6.78. The topological polar surface area (TPSA) is 90.0 Å². The standard InChI is InChI=1S/C7H8N4O2/c8-2-4-3-9-11-6(13)1-5(12)10-7(4)11/h3H,1-2,8H2,(H,10,12). The van der Waals surface area contributed by atoms with Crippen molar-refractivity contribution < 1.29 is 9.59 Å². The molecule has 2 heterocycles. The fourth-order valence-corrected chi connectivity index (χ4v) is 1.24. The van der Waals surface area contributed by atoms with Gasteiger partial charge in [-0.1, -0.05) is 0 Å². The minimum Gasteiger partial charge on any atom is -0.326 e. The molecular weight excluding hydrogens is 172 g/mol. The number of carbonyl (C=O) groups excluding carboxylic acids is 2. The molecule has 1 aliphatic heterocycles. The minimum absolute atomic E-state index is 0.154. The largest absolute Gasteiger partial charge is 0.326 e. The molecule has 6 heteroatoms. The summed E-state index contributed by atoms with van der Waals surface area (Å²) in [5.74, 6) is -0.227. The third-order valence-electron chi connectivity index (χ3n) is 1.87. The molecule has 0 atom stereocenters. The highest BCUT2D eigenvalue weighted by Crippen LogP contribution is 2.18. The fourth-order valence-electron chi connectivity index (χ4n) is 1.24. The molecule has 3 N–H and O–H groups in total. The van der Waals surface area contributed by atoms with Gasteiger partial charge in [0.05, 0.1) is 6.20 Å². The van der Waals surface area contributed by atoms with Crippen molar-refractivity contribution in [3.8, 4) is 0 Å². The number of hydrogen-bond acceptors (Lipinski definition) is 4. The van der Waals surface area contributed by atoms with Crippen molar-refractivity contribution >= 4 is 17.6 Å². The Morgan fingerprint density at radius 1 is 1.62 bits per heavy atom. The molecule has 0 spiro atoms. The minimum atomic E-state index is -0.321. The van der Waals surface area contributed by atoms with Crippen molar-refractivity contribution in [2.24, 2.45) is 5.73 Å². The van der Waals surface area contributed by atoms with Crippen LogP contribution in [0.3, 0.4) is 0 Å². The monoisotopic (exact) mass is 180 g/mol. The van der Waals surface area contributed by atoms with E-state index in [-0.39, 0.29) is 24.8 Å². The van der Waals surface area contributed by atoms with E-state index >= 15 is 0 Å². The van der Waals surface area contributed by atoms with Gasteiger partial charge < -0.3 is 11.1 Å². The predicted molar refractivity (Wildman–Crippen MR) is 44.0 cm³/mol. The lowest BCUT2D eigenvalue weighted by Gasteiger charge is -2.13. The normalized spacial score (nSPS) is 15.5. The molecule has 1 aromatic rings. The van der Waals surface area contributed by atoms with E-state index in [1.165, 1.54) is 10.9 Å². The van der Waals surface area contributed by atoms with Crippen molar-refractivity contribution in [2.75, 3.05) is 5.32 Å². The third-order valence-corrected chi connectivity index (χ3v) is 1.87. The van der Waals surface area contributed by atoms with Gasteiger partial charge in [-0.05, 0) is 0 Å². The Hall–Kier alpha value is -1.69. The lowest BCUT2D eigenvalue weighted by atomic mass is 10.2. The molecular formula is C7H8N4O2. The Kier molecular flexibility index (Phi) is 1.63. The van der Waals surface area contributed by atoms with Gasteiger partial charge in [-0.25, -0.2) is 0 Å². The van der Waals surface area contributed by atoms with Gasteiger partial charge in [0.25, 0.3) is 5.91 Å². The van der Waals surface area contributed by atoms with E-state index in [4.69, 9.17) is 5.73 Å². The van der Waals surface area contributed by atoms with Crippen LogP contribution in [0.5, 0.6) is 0 Å². The molecule has 0 fully saturated rings. The quantitative estimate of drug-likeness (QED) is 0.560. The van der Waals surface area contributed by atoms with Crippen LogP contribution in [0, 0.1) is 0 Å². The maximum atomic E-state index is 11.2. The second kappa shape index (κ2) is 2.67. The number of aromatic nitrogens is 2.